The molecule has 1 atom stereocenters. The quantitative estimate of drug-likeness (QED) is 0.823. The summed E-state index contributed by atoms with van der Waals surface area (Å²) < 4.78 is 1.81. The average Bonchev–Trinajstić information content (AvgIpc) is 3.03. The third-order valence-corrected chi connectivity index (χ3v) is 5.75. The van der Waals surface area contributed by atoms with E-state index in [2.05, 4.69) is 10.4 Å². The molecular formula is C19H24N4O3S. The number of rotatable bonds is 5. The lowest BCUT2D eigenvalue weighted by molar-refractivity contribution is -0.138. The Kier molecular flexibility index (Phi) is 6.05. The summed E-state index contributed by atoms with van der Waals surface area (Å²) in [5, 5.41) is 16.7. The molecule has 27 heavy (non-hydrogen) atoms. The van der Waals surface area contributed by atoms with Crippen LogP contribution >= 0.6 is 11.3 Å². The third-order valence-electron chi connectivity index (χ3n) is 4.69. The van der Waals surface area contributed by atoms with Crippen LogP contribution < -0.4 is 10.1 Å². The van der Waals surface area contributed by atoms with Crippen molar-refractivity contribution in [1.29, 1.82) is 0 Å². The number of carbonyl (C=O) groups is 2. The van der Waals surface area contributed by atoms with Crippen molar-refractivity contribution in [3.8, 4) is 10.6 Å². The molecule has 0 radical (unpaired) electrons. The van der Waals surface area contributed by atoms with Crippen LogP contribution in [-0.4, -0.2) is 38.8 Å². The molecule has 3 rings (SSSR count). The second-order valence-electron chi connectivity index (χ2n) is 6.85. The molecule has 8 heteroatoms. The van der Waals surface area contributed by atoms with Gasteiger partial charge < -0.3 is 10.4 Å². The van der Waals surface area contributed by atoms with Gasteiger partial charge in [0.1, 0.15) is 11.0 Å². The van der Waals surface area contributed by atoms with E-state index in [0.29, 0.717) is 11.6 Å². The highest BCUT2D eigenvalue weighted by atomic mass is 32.1. The first-order valence-corrected chi connectivity index (χ1v) is 9.98. The highest BCUT2D eigenvalue weighted by molar-refractivity contribution is 7.12. The van der Waals surface area contributed by atoms with Gasteiger partial charge in [-0.2, -0.15) is 5.10 Å². The minimum absolute atomic E-state index is 0.389. The molecule has 144 valence electrons. The summed E-state index contributed by atoms with van der Waals surface area (Å²) in [6.45, 7) is 1.43. The van der Waals surface area contributed by atoms with Crippen molar-refractivity contribution in [1.82, 2.24) is 15.1 Å². The van der Waals surface area contributed by atoms with Gasteiger partial charge in [-0.25, -0.2) is 4.68 Å². The summed E-state index contributed by atoms with van der Waals surface area (Å²) in [6, 6.07) is 6.46. The molecule has 0 unspecified atom stereocenters. The van der Waals surface area contributed by atoms with Crippen LogP contribution in [0.3, 0.4) is 0 Å². The van der Waals surface area contributed by atoms with Gasteiger partial charge in [-0.05, 0) is 31.9 Å². The number of amides is 1. The maximum atomic E-state index is 12.1. The van der Waals surface area contributed by atoms with Crippen LogP contribution in [-0.2, 0) is 11.8 Å². The van der Waals surface area contributed by atoms with Gasteiger partial charge in [0.05, 0.1) is 6.04 Å². The number of nitrogens with zero attached hydrogens (tertiary/aromatic N) is 3. The lowest BCUT2D eigenvalue weighted by Gasteiger charge is -2.16. The van der Waals surface area contributed by atoms with E-state index in [-0.39, 0.29) is 0 Å². The summed E-state index contributed by atoms with van der Waals surface area (Å²) in [5.74, 6) is -1.47. The monoisotopic (exact) mass is 388 g/mol. The summed E-state index contributed by atoms with van der Waals surface area (Å²) >= 11 is 1.54. The summed E-state index contributed by atoms with van der Waals surface area (Å²) in [5.41, 5.74) is 1.32. The number of hydrogen-bond acceptors (Lipinski definition) is 5. The Morgan fingerprint density at radius 3 is 2.56 bits per heavy atom. The van der Waals surface area contributed by atoms with E-state index in [1.54, 1.807) is 23.5 Å². The van der Waals surface area contributed by atoms with Crippen LogP contribution in [0.2, 0.25) is 0 Å². The van der Waals surface area contributed by atoms with Crippen molar-refractivity contribution >= 4 is 23.2 Å². The maximum absolute atomic E-state index is 12.1. The molecule has 1 aliphatic rings. The maximum Gasteiger partial charge on any atom is 0.325 e. The molecule has 0 aliphatic heterocycles. The first-order valence-electron chi connectivity index (χ1n) is 9.16. The number of carboxylic acids is 1. The van der Waals surface area contributed by atoms with Crippen LogP contribution in [0.5, 0.6) is 0 Å². The van der Waals surface area contributed by atoms with E-state index in [1.165, 1.54) is 26.2 Å². The van der Waals surface area contributed by atoms with E-state index in [4.69, 9.17) is 10.1 Å². The third kappa shape index (κ3) is 4.82. The fourth-order valence-electron chi connectivity index (χ4n) is 3.05. The molecule has 1 saturated carbocycles. The van der Waals surface area contributed by atoms with E-state index < -0.39 is 17.9 Å². The number of aliphatic carboxylic acids is 1. The highest BCUT2D eigenvalue weighted by Gasteiger charge is 2.16. The average molecular weight is 388 g/mol. The molecule has 1 amide bonds. The van der Waals surface area contributed by atoms with Crippen molar-refractivity contribution < 1.29 is 14.7 Å². The topological polar surface area (TPSA) is 96.6 Å². The van der Waals surface area contributed by atoms with Gasteiger partial charge in [-0.3, -0.25) is 14.6 Å². The Hall–Kier alpha value is -2.48. The lowest BCUT2D eigenvalue weighted by atomic mass is 9.96. The lowest BCUT2D eigenvalue weighted by Crippen LogP contribution is -2.38. The minimum atomic E-state index is -1.07. The predicted octanol–water partition coefficient (Wildman–Crippen LogP) is 2.58. The minimum Gasteiger partial charge on any atom is -0.480 e. The zero-order valence-corrected chi connectivity index (χ0v) is 16.3. The largest absolute Gasteiger partial charge is 0.480 e. The zero-order chi connectivity index (χ0) is 19.4. The Bertz CT molecular complexity index is 879. The predicted molar refractivity (Wildman–Crippen MR) is 104 cm³/mol. The molecule has 1 aromatic heterocycles. The Labute approximate surface area is 161 Å². The van der Waals surface area contributed by atoms with Crippen LogP contribution in [0.15, 0.2) is 29.3 Å². The molecular weight excluding hydrogens is 364 g/mol. The van der Waals surface area contributed by atoms with Crippen molar-refractivity contribution in [3.05, 3.63) is 34.6 Å². The van der Waals surface area contributed by atoms with Gasteiger partial charge in [0.15, 0.2) is 0 Å². The van der Waals surface area contributed by atoms with E-state index in [0.717, 1.165) is 28.2 Å². The first kappa shape index (κ1) is 19.3. The second kappa shape index (κ2) is 8.47. The number of aromatic nitrogens is 2. The van der Waals surface area contributed by atoms with Gasteiger partial charge >= 0.3 is 5.97 Å². The number of nitrogens with one attached hydrogen (secondary N) is 1. The van der Waals surface area contributed by atoms with Crippen molar-refractivity contribution in [2.75, 3.05) is 0 Å². The van der Waals surface area contributed by atoms with Gasteiger partial charge in [0.25, 0.3) is 5.91 Å². The summed E-state index contributed by atoms with van der Waals surface area (Å²) in [4.78, 5) is 28.7. The zero-order valence-electron chi connectivity index (χ0n) is 15.5. The SMILES string of the molecule is C[C@H](NC(=O)c1ccc(-c2nn(C)c(=NC3CCCCC3)s2)cc1)C(=O)O. The molecule has 0 spiro atoms. The van der Waals surface area contributed by atoms with Gasteiger partial charge in [-0.15, -0.1) is 0 Å². The van der Waals surface area contributed by atoms with Crippen LogP contribution in [0.1, 0.15) is 49.4 Å². The van der Waals surface area contributed by atoms with Crippen molar-refractivity contribution in [2.24, 2.45) is 12.0 Å². The van der Waals surface area contributed by atoms with Crippen LogP contribution in [0.4, 0.5) is 0 Å². The fourth-order valence-corrected chi connectivity index (χ4v) is 4.02. The Balaban J connectivity index is 1.75. The Morgan fingerprint density at radius 1 is 1.26 bits per heavy atom. The van der Waals surface area contributed by atoms with E-state index in [9.17, 15) is 9.59 Å². The Morgan fingerprint density at radius 2 is 1.93 bits per heavy atom. The van der Waals surface area contributed by atoms with Gasteiger partial charge in [0, 0.05) is 18.2 Å². The normalized spacial score (nSPS) is 16.9. The second-order valence-corrected chi connectivity index (χ2v) is 7.80. The highest BCUT2D eigenvalue weighted by Crippen LogP contribution is 2.22. The fraction of sp³-hybridized carbons (Fsp3) is 0.474. The van der Waals surface area contributed by atoms with Gasteiger partial charge in [0.2, 0.25) is 4.80 Å². The molecule has 0 bridgehead atoms. The van der Waals surface area contributed by atoms with Crippen molar-refractivity contribution in [3.63, 3.8) is 0 Å². The summed E-state index contributed by atoms with van der Waals surface area (Å²) in [6.07, 6.45) is 6.08. The molecule has 2 N–H and O–H groups in total. The molecule has 2 aromatic rings. The first-order chi connectivity index (χ1) is 12.9. The molecule has 1 aliphatic carbocycles. The van der Waals surface area contributed by atoms with E-state index in [1.807, 2.05) is 23.9 Å². The molecule has 1 aromatic carbocycles. The van der Waals surface area contributed by atoms with Crippen LogP contribution in [0, 0.1) is 0 Å². The number of carbonyl (C=O) groups excluding carboxylic acids is 1. The van der Waals surface area contributed by atoms with Gasteiger partial charge in [-0.1, -0.05) is 42.7 Å². The number of aryl methyl sites for hydroxylation is 1. The van der Waals surface area contributed by atoms with Crippen molar-refractivity contribution in [2.45, 2.75) is 51.1 Å². The number of carboxylic acid groups (broad SMARTS) is 1. The smallest absolute Gasteiger partial charge is 0.325 e. The van der Waals surface area contributed by atoms with E-state index >= 15 is 0 Å². The molecule has 0 saturated heterocycles. The number of benzene rings is 1. The molecule has 7 nitrogen and oxygen atoms in total. The number of hydrogen-bond donors (Lipinski definition) is 2. The molecule has 1 fully saturated rings. The molecule has 1 heterocycles. The van der Waals surface area contributed by atoms with Crippen LogP contribution in [0.25, 0.3) is 10.6 Å². The standard InChI is InChI=1S/C19H24N4O3S/c1-12(18(25)26)20-16(24)13-8-10-14(11-9-13)17-22-23(2)19(27-17)21-15-6-4-3-5-7-15/h8-12,15H,3-7H2,1-2H3,(H,20,24)(H,25,26)/t12-/m0/s1. The summed E-state index contributed by atoms with van der Waals surface area (Å²) in [7, 11) is 1.90.